The van der Waals surface area contributed by atoms with Gasteiger partial charge < -0.3 is 15.4 Å². The summed E-state index contributed by atoms with van der Waals surface area (Å²) in [5, 5.41) is 0. The maximum atomic E-state index is 11.5. The SMILES string of the molecule is COc1cc(N2CCN(CCS(C)(=O)=O)C(C(C)C)C2)ccc1N. The molecule has 1 saturated heterocycles. The van der Waals surface area contributed by atoms with Crippen LogP contribution in [0.3, 0.4) is 0 Å². The Labute approximate surface area is 145 Å². The molecule has 136 valence electrons. The van der Waals surface area contributed by atoms with Crippen LogP contribution in [0, 0.1) is 5.92 Å². The fraction of sp³-hybridized carbons (Fsp3) is 0.647. The minimum atomic E-state index is -2.94. The molecule has 6 nitrogen and oxygen atoms in total. The minimum Gasteiger partial charge on any atom is -0.495 e. The Morgan fingerprint density at radius 3 is 2.62 bits per heavy atom. The van der Waals surface area contributed by atoms with E-state index in [2.05, 4.69) is 23.6 Å². The van der Waals surface area contributed by atoms with E-state index in [1.165, 1.54) is 6.26 Å². The number of ether oxygens (including phenoxy) is 1. The molecule has 0 amide bonds. The molecule has 7 heteroatoms. The van der Waals surface area contributed by atoms with Gasteiger partial charge in [0, 0.05) is 50.2 Å². The number of hydrogen-bond donors (Lipinski definition) is 1. The van der Waals surface area contributed by atoms with Crippen molar-refractivity contribution >= 4 is 21.2 Å². The van der Waals surface area contributed by atoms with E-state index in [-0.39, 0.29) is 5.75 Å². The van der Waals surface area contributed by atoms with Gasteiger partial charge in [0.05, 0.1) is 18.6 Å². The number of nitrogens with zero attached hydrogens (tertiary/aromatic N) is 2. The first-order valence-electron chi connectivity index (χ1n) is 8.31. The molecule has 24 heavy (non-hydrogen) atoms. The molecule has 1 heterocycles. The average molecular weight is 356 g/mol. The Morgan fingerprint density at radius 2 is 2.04 bits per heavy atom. The van der Waals surface area contributed by atoms with Gasteiger partial charge in [-0.2, -0.15) is 0 Å². The monoisotopic (exact) mass is 355 g/mol. The van der Waals surface area contributed by atoms with Crippen LogP contribution in [0.15, 0.2) is 18.2 Å². The maximum Gasteiger partial charge on any atom is 0.148 e. The highest BCUT2D eigenvalue weighted by molar-refractivity contribution is 7.90. The lowest BCUT2D eigenvalue weighted by Crippen LogP contribution is -2.56. The van der Waals surface area contributed by atoms with Crippen LogP contribution in [0.1, 0.15) is 13.8 Å². The number of methoxy groups -OCH3 is 1. The van der Waals surface area contributed by atoms with Crippen molar-refractivity contribution in [2.24, 2.45) is 5.92 Å². The third-order valence-corrected chi connectivity index (χ3v) is 5.56. The normalized spacial score (nSPS) is 19.7. The molecule has 0 radical (unpaired) electrons. The van der Waals surface area contributed by atoms with Gasteiger partial charge in [0.1, 0.15) is 15.6 Å². The second kappa shape index (κ2) is 7.61. The van der Waals surface area contributed by atoms with Crippen molar-refractivity contribution in [1.29, 1.82) is 0 Å². The first-order chi connectivity index (χ1) is 11.2. The van der Waals surface area contributed by atoms with E-state index < -0.39 is 9.84 Å². The quantitative estimate of drug-likeness (QED) is 0.779. The summed E-state index contributed by atoms with van der Waals surface area (Å²) < 4.78 is 28.3. The summed E-state index contributed by atoms with van der Waals surface area (Å²) >= 11 is 0. The van der Waals surface area contributed by atoms with E-state index in [0.717, 1.165) is 25.3 Å². The summed E-state index contributed by atoms with van der Waals surface area (Å²) in [6.45, 7) is 7.55. The summed E-state index contributed by atoms with van der Waals surface area (Å²) in [6.07, 6.45) is 1.30. The van der Waals surface area contributed by atoms with Gasteiger partial charge in [-0.05, 0) is 18.1 Å². The molecule has 0 aromatic heterocycles. The first-order valence-corrected chi connectivity index (χ1v) is 10.4. The van der Waals surface area contributed by atoms with E-state index in [4.69, 9.17) is 10.5 Å². The lowest BCUT2D eigenvalue weighted by molar-refractivity contribution is 0.146. The average Bonchev–Trinajstić information content (AvgIpc) is 2.52. The molecule has 2 N–H and O–H groups in total. The summed E-state index contributed by atoms with van der Waals surface area (Å²) in [5.41, 5.74) is 7.62. The van der Waals surface area contributed by atoms with Crippen LogP contribution in [-0.4, -0.2) is 64.7 Å². The fourth-order valence-electron chi connectivity index (χ4n) is 3.17. The molecule has 2 rings (SSSR count). The van der Waals surface area contributed by atoms with Crippen LogP contribution in [0.5, 0.6) is 5.75 Å². The molecule has 1 aliphatic heterocycles. The van der Waals surface area contributed by atoms with Gasteiger partial charge >= 0.3 is 0 Å². The van der Waals surface area contributed by atoms with Crippen LogP contribution >= 0.6 is 0 Å². The zero-order valence-corrected chi connectivity index (χ0v) is 15.8. The minimum absolute atomic E-state index is 0.214. The molecule has 0 spiro atoms. The summed E-state index contributed by atoms with van der Waals surface area (Å²) in [5.74, 6) is 1.35. The van der Waals surface area contributed by atoms with Gasteiger partial charge in [-0.3, -0.25) is 4.90 Å². The number of benzene rings is 1. The van der Waals surface area contributed by atoms with E-state index in [1.54, 1.807) is 7.11 Å². The second-order valence-corrected chi connectivity index (χ2v) is 9.11. The Kier molecular flexibility index (Phi) is 5.98. The Balaban J connectivity index is 2.12. The highest BCUT2D eigenvalue weighted by Gasteiger charge is 2.29. The number of anilines is 2. The van der Waals surface area contributed by atoms with Crippen molar-refractivity contribution in [2.45, 2.75) is 19.9 Å². The van der Waals surface area contributed by atoms with E-state index in [9.17, 15) is 8.42 Å². The van der Waals surface area contributed by atoms with Crippen molar-refractivity contribution < 1.29 is 13.2 Å². The third kappa shape index (κ3) is 4.77. The van der Waals surface area contributed by atoms with Crippen LogP contribution in [0.4, 0.5) is 11.4 Å². The van der Waals surface area contributed by atoms with Crippen molar-refractivity contribution in [3.8, 4) is 5.75 Å². The van der Waals surface area contributed by atoms with Gasteiger partial charge in [0.15, 0.2) is 0 Å². The van der Waals surface area contributed by atoms with Gasteiger partial charge in [-0.25, -0.2) is 8.42 Å². The molecule has 1 atom stereocenters. The zero-order chi connectivity index (χ0) is 17.9. The Bertz CT molecular complexity index is 661. The molecule has 1 aromatic rings. The smallest absolute Gasteiger partial charge is 0.148 e. The maximum absolute atomic E-state index is 11.5. The number of sulfone groups is 1. The molecule has 1 unspecified atom stereocenters. The lowest BCUT2D eigenvalue weighted by Gasteiger charge is -2.44. The summed E-state index contributed by atoms with van der Waals surface area (Å²) in [7, 11) is -1.32. The van der Waals surface area contributed by atoms with Crippen molar-refractivity contribution in [3.63, 3.8) is 0 Å². The fourth-order valence-corrected chi connectivity index (χ4v) is 3.74. The highest BCUT2D eigenvalue weighted by Crippen LogP contribution is 2.29. The highest BCUT2D eigenvalue weighted by atomic mass is 32.2. The molecule has 1 aliphatic rings. The topological polar surface area (TPSA) is 75.9 Å². The molecule has 0 aliphatic carbocycles. The molecule has 0 saturated carbocycles. The van der Waals surface area contributed by atoms with Crippen LogP contribution in [0.25, 0.3) is 0 Å². The second-order valence-electron chi connectivity index (χ2n) is 6.85. The van der Waals surface area contributed by atoms with Crippen molar-refractivity contribution in [2.75, 3.05) is 55.9 Å². The zero-order valence-electron chi connectivity index (χ0n) is 15.0. The lowest BCUT2D eigenvalue weighted by atomic mass is 9.99. The number of hydrogen-bond acceptors (Lipinski definition) is 6. The molecule has 1 aromatic carbocycles. The number of nitrogens with two attached hydrogens (primary N) is 1. The summed E-state index contributed by atoms with van der Waals surface area (Å²) in [4.78, 5) is 4.63. The van der Waals surface area contributed by atoms with Crippen LogP contribution in [0.2, 0.25) is 0 Å². The largest absolute Gasteiger partial charge is 0.495 e. The number of nitrogen functional groups attached to an aromatic ring is 1. The predicted octanol–water partition coefficient (Wildman–Crippen LogP) is 1.47. The number of piperazine rings is 1. The van der Waals surface area contributed by atoms with Crippen molar-refractivity contribution in [3.05, 3.63) is 18.2 Å². The number of rotatable bonds is 6. The van der Waals surface area contributed by atoms with E-state index in [1.807, 2.05) is 18.2 Å². The Morgan fingerprint density at radius 1 is 1.33 bits per heavy atom. The van der Waals surface area contributed by atoms with E-state index in [0.29, 0.717) is 29.9 Å². The standard InChI is InChI=1S/C17H29N3O3S/c1-13(2)16-12-20(8-7-19(16)9-10-24(4,21)22)14-5-6-15(18)17(11-14)23-3/h5-6,11,13,16H,7-10,12,18H2,1-4H3. The van der Waals surface area contributed by atoms with Crippen molar-refractivity contribution in [1.82, 2.24) is 4.90 Å². The van der Waals surface area contributed by atoms with Crippen LogP contribution in [-0.2, 0) is 9.84 Å². The van der Waals surface area contributed by atoms with Gasteiger partial charge in [0.25, 0.3) is 0 Å². The van der Waals surface area contributed by atoms with E-state index >= 15 is 0 Å². The van der Waals surface area contributed by atoms with Crippen LogP contribution < -0.4 is 15.4 Å². The predicted molar refractivity (Wildman–Crippen MR) is 99.5 cm³/mol. The first kappa shape index (κ1) is 18.9. The molecular formula is C17H29N3O3S. The van der Waals surface area contributed by atoms with Gasteiger partial charge in [-0.1, -0.05) is 13.8 Å². The Hall–Kier alpha value is -1.47. The molecular weight excluding hydrogens is 326 g/mol. The molecule has 0 bridgehead atoms. The van der Waals surface area contributed by atoms with Gasteiger partial charge in [0.2, 0.25) is 0 Å². The molecule has 1 fully saturated rings. The third-order valence-electron chi connectivity index (χ3n) is 4.63. The van der Waals surface area contributed by atoms with Gasteiger partial charge in [-0.15, -0.1) is 0 Å². The summed E-state index contributed by atoms with van der Waals surface area (Å²) in [6, 6.07) is 6.18.